The number of nitrogens with zero attached hydrogens (tertiary/aromatic N) is 3. The van der Waals surface area contributed by atoms with Gasteiger partial charge >= 0.3 is 6.01 Å². The summed E-state index contributed by atoms with van der Waals surface area (Å²) < 4.78 is 4.78. The third-order valence-corrected chi connectivity index (χ3v) is 1.04. The molecule has 0 spiro atoms. The van der Waals surface area contributed by atoms with Crippen LogP contribution in [0.4, 0.5) is 5.95 Å². The molecule has 0 bridgehead atoms. The Morgan fingerprint density at radius 1 is 1.36 bits per heavy atom. The van der Waals surface area contributed by atoms with Crippen LogP contribution in [0.2, 0.25) is 0 Å². The first-order valence-electron chi connectivity index (χ1n) is 2.99. The van der Waals surface area contributed by atoms with E-state index < -0.39 is 0 Å². The number of hydrogen-bond acceptors (Lipinski definition) is 6. The molecule has 6 nitrogen and oxygen atoms in total. The fraction of sp³-hybridized carbons (Fsp3) is 0.400. The lowest BCUT2D eigenvalue weighted by molar-refractivity contribution is 0.377. The zero-order valence-corrected chi connectivity index (χ0v) is 6.33. The van der Waals surface area contributed by atoms with E-state index in [1.165, 1.54) is 7.11 Å². The topological polar surface area (TPSA) is 86.0 Å². The summed E-state index contributed by atoms with van der Waals surface area (Å²) in [4.78, 5) is 11.5. The molecule has 0 amide bonds. The smallest absolute Gasteiger partial charge is 0.321 e. The second kappa shape index (κ2) is 3.11. The van der Waals surface area contributed by atoms with E-state index in [2.05, 4.69) is 20.4 Å². The highest BCUT2D eigenvalue weighted by atomic mass is 16.5. The van der Waals surface area contributed by atoms with Crippen LogP contribution in [0, 0.1) is 6.92 Å². The molecular weight excluding hydrogens is 146 g/mol. The molecule has 1 aromatic heterocycles. The average molecular weight is 155 g/mol. The standard InChI is InChI=1S/C5H9N5O/c1-3-7-4(10-6)9-5(8-3)11-2/h6H2,1-2H3,(H,7,8,9,10). The summed E-state index contributed by atoms with van der Waals surface area (Å²) in [7, 11) is 1.48. The van der Waals surface area contributed by atoms with Gasteiger partial charge in [-0.15, -0.1) is 0 Å². The molecular formula is C5H9N5O. The minimum atomic E-state index is 0.255. The van der Waals surface area contributed by atoms with Crippen molar-refractivity contribution in [3.63, 3.8) is 0 Å². The van der Waals surface area contributed by atoms with Gasteiger partial charge in [-0.25, -0.2) is 5.84 Å². The van der Waals surface area contributed by atoms with E-state index in [0.29, 0.717) is 11.8 Å². The number of ether oxygens (including phenoxy) is 1. The van der Waals surface area contributed by atoms with Crippen LogP contribution < -0.4 is 16.0 Å². The van der Waals surface area contributed by atoms with Crippen LogP contribution in [0.15, 0.2) is 0 Å². The number of methoxy groups -OCH3 is 1. The maximum absolute atomic E-state index is 5.08. The Balaban J connectivity index is 3.02. The van der Waals surface area contributed by atoms with Crippen molar-refractivity contribution in [3.8, 4) is 6.01 Å². The lowest BCUT2D eigenvalue weighted by Gasteiger charge is -2.01. The SMILES string of the molecule is COc1nc(C)nc(NN)n1. The van der Waals surface area contributed by atoms with E-state index in [9.17, 15) is 0 Å². The third-order valence-electron chi connectivity index (χ3n) is 1.04. The molecule has 1 heterocycles. The van der Waals surface area contributed by atoms with Gasteiger partial charge in [0.1, 0.15) is 5.82 Å². The molecule has 0 saturated carbocycles. The van der Waals surface area contributed by atoms with Crippen molar-refractivity contribution in [1.29, 1.82) is 0 Å². The van der Waals surface area contributed by atoms with Crippen molar-refractivity contribution in [2.45, 2.75) is 6.92 Å². The number of nitrogens with one attached hydrogen (secondary N) is 1. The highest BCUT2D eigenvalue weighted by molar-refractivity contribution is 5.22. The summed E-state index contributed by atoms with van der Waals surface area (Å²) in [5.74, 6) is 5.94. The lowest BCUT2D eigenvalue weighted by Crippen LogP contribution is -2.12. The van der Waals surface area contributed by atoms with Gasteiger partial charge in [0.25, 0.3) is 0 Å². The minimum Gasteiger partial charge on any atom is -0.467 e. The number of nitrogens with two attached hydrogens (primary N) is 1. The Morgan fingerprint density at radius 3 is 2.64 bits per heavy atom. The van der Waals surface area contributed by atoms with Gasteiger partial charge in [-0.1, -0.05) is 0 Å². The van der Waals surface area contributed by atoms with Gasteiger partial charge in [0.2, 0.25) is 5.95 Å². The number of hydrogen-bond donors (Lipinski definition) is 2. The number of aryl methyl sites for hydroxylation is 1. The van der Waals surface area contributed by atoms with Crippen molar-refractivity contribution in [2.24, 2.45) is 5.84 Å². The van der Waals surface area contributed by atoms with E-state index >= 15 is 0 Å². The molecule has 60 valence electrons. The lowest BCUT2D eigenvalue weighted by atomic mass is 10.7. The minimum absolute atomic E-state index is 0.255. The highest BCUT2D eigenvalue weighted by Gasteiger charge is 2.00. The van der Waals surface area contributed by atoms with Crippen LogP contribution >= 0.6 is 0 Å². The van der Waals surface area contributed by atoms with E-state index in [4.69, 9.17) is 10.6 Å². The number of hydrazine groups is 1. The summed E-state index contributed by atoms with van der Waals surface area (Å²) in [6.07, 6.45) is 0. The Bertz CT molecular complexity index is 228. The van der Waals surface area contributed by atoms with Crippen molar-refractivity contribution < 1.29 is 4.74 Å². The first-order valence-corrected chi connectivity index (χ1v) is 2.99. The Hall–Kier alpha value is -1.43. The molecule has 0 aliphatic heterocycles. The molecule has 6 heteroatoms. The highest BCUT2D eigenvalue weighted by Crippen LogP contribution is 2.04. The third kappa shape index (κ3) is 1.74. The fourth-order valence-corrected chi connectivity index (χ4v) is 0.613. The molecule has 0 atom stereocenters. The van der Waals surface area contributed by atoms with E-state index in [1.54, 1.807) is 6.92 Å². The molecule has 1 rings (SSSR count). The number of nitrogen functional groups attached to an aromatic ring is 1. The monoisotopic (exact) mass is 155 g/mol. The molecule has 0 aromatic carbocycles. The molecule has 0 fully saturated rings. The zero-order chi connectivity index (χ0) is 8.27. The molecule has 0 radical (unpaired) electrons. The van der Waals surface area contributed by atoms with Crippen LogP contribution in [0.3, 0.4) is 0 Å². The van der Waals surface area contributed by atoms with Gasteiger partial charge in [0.05, 0.1) is 7.11 Å². The largest absolute Gasteiger partial charge is 0.467 e. The zero-order valence-electron chi connectivity index (χ0n) is 6.33. The van der Waals surface area contributed by atoms with Gasteiger partial charge in [-0.3, -0.25) is 5.43 Å². The Morgan fingerprint density at radius 2 is 2.09 bits per heavy atom. The van der Waals surface area contributed by atoms with Gasteiger partial charge < -0.3 is 4.74 Å². The van der Waals surface area contributed by atoms with Crippen LogP contribution in [-0.2, 0) is 0 Å². The maximum atomic E-state index is 5.08. The molecule has 0 unspecified atom stereocenters. The Labute approximate surface area is 63.8 Å². The predicted octanol–water partition coefficient (Wildman–Crippen LogP) is -0.526. The quantitative estimate of drug-likeness (QED) is 0.441. The molecule has 3 N–H and O–H groups in total. The molecule has 11 heavy (non-hydrogen) atoms. The Kier molecular flexibility index (Phi) is 2.17. The predicted molar refractivity (Wildman–Crippen MR) is 38.9 cm³/mol. The van der Waals surface area contributed by atoms with Crippen molar-refractivity contribution in [1.82, 2.24) is 15.0 Å². The summed E-state index contributed by atoms with van der Waals surface area (Å²) in [6.45, 7) is 1.73. The summed E-state index contributed by atoms with van der Waals surface area (Å²) in [6, 6.07) is 0.255. The van der Waals surface area contributed by atoms with Gasteiger partial charge in [-0.2, -0.15) is 15.0 Å². The van der Waals surface area contributed by atoms with E-state index in [1.807, 2.05) is 0 Å². The van der Waals surface area contributed by atoms with Gasteiger partial charge in [-0.05, 0) is 6.92 Å². The normalized spacial score (nSPS) is 9.36. The second-order valence-electron chi connectivity index (χ2n) is 1.84. The van der Waals surface area contributed by atoms with Crippen molar-refractivity contribution >= 4 is 5.95 Å². The molecule has 0 aliphatic rings. The van der Waals surface area contributed by atoms with E-state index in [-0.39, 0.29) is 6.01 Å². The maximum Gasteiger partial charge on any atom is 0.321 e. The van der Waals surface area contributed by atoms with Crippen LogP contribution in [-0.4, -0.2) is 22.1 Å². The summed E-state index contributed by atoms with van der Waals surface area (Å²) >= 11 is 0. The second-order valence-corrected chi connectivity index (χ2v) is 1.84. The first-order chi connectivity index (χ1) is 5.26. The van der Waals surface area contributed by atoms with Crippen LogP contribution in [0.25, 0.3) is 0 Å². The van der Waals surface area contributed by atoms with Crippen LogP contribution in [0.1, 0.15) is 5.82 Å². The number of rotatable bonds is 2. The molecule has 0 saturated heterocycles. The van der Waals surface area contributed by atoms with E-state index in [0.717, 1.165) is 0 Å². The number of anilines is 1. The fourth-order valence-electron chi connectivity index (χ4n) is 0.613. The van der Waals surface area contributed by atoms with Crippen molar-refractivity contribution in [2.75, 3.05) is 12.5 Å². The first kappa shape index (κ1) is 7.67. The van der Waals surface area contributed by atoms with Gasteiger partial charge in [0, 0.05) is 0 Å². The average Bonchev–Trinajstić information content (AvgIpc) is 2.03. The molecule has 0 aliphatic carbocycles. The van der Waals surface area contributed by atoms with Crippen molar-refractivity contribution in [3.05, 3.63) is 5.82 Å². The molecule has 1 aromatic rings. The number of aromatic nitrogens is 3. The summed E-state index contributed by atoms with van der Waals surface area (Å²) in [5.41, 5.74) is 2.30. The van der Waals surface area contributed by atoms with Crippen LogP contribution in [0.5, 0.6) is 6.01 Å². The van der Waals surface area contributed by atoms with Gasteiger partial charge in [0.15, 0.2) is 0 Å². The summed E-state index contributed by atoms with van der Waals surface area (Å²) in [5, 5.41) is 0.